The summed E-state index contributed by atoms with van der Waals surface area (Å²) in [6.07, 6.45) is 1.71. The number of likely N-dealkylation sites (tertiary alicyclic amines) is 1. The van der Waals surface area contributed by atoms with Gasteiger partial charge in [-0.25, -0.2) is 8.42 Å². The van der Waals surface area contributed by atoms with Crippen molar-refractivity contribution in [2.45, 2.75) is 43.7 Å². The standard InChI is InChI=1S/C17H26ClN3O4S/c1-4-25-16-6-5-14(11-15(16)18)26(23,24)20-12(2)17(22)19-13-7-9-21(3)10-8-13/h5-6,11-13,20H,4,7-10H2,1-3H3,(H,19,22). The van der Waals surface area contributed by atoms with Crippen molar-refractivity contribution in [1.82, 2.24) is 14.9 Å². The van der Waals surface area contributed by atoms with Gasteiger partial charge in [-0.05, 0) is 65.0 Å². The quantitative estimate of drug-likeness (QED) is 0.722. The number of nitrogens with zero attached hydrogens (tertiary/aromatic N) is 1. The summed E-state index contributed by atoms with van der Waals surface area (Å²) in [4.78, 5) is 14.5. The van der Waals surface area contributed by atoms with Gasteiger partial charge in [0.05, 0.1) is 22.6 Å². The number of halogens is 1. The first-order valence-electron chi connectivity index (χ1n) is 8.66. The Labute approximate surface area is 160 Å². The first-order valence-corrected chi connectivity index (χ1v) is 10.5. The Balaban J connectivity index is 1.99. The van der Waals surface area contributed by atoms with E-state index in [1.165, 1.54) is 25.1 Å². The predicted octanol–water partition coefficient (Wildman–Crippen LogP) is 1.62. The second kappa shape index (κ2) is 9.03. The van der Waals surface area contributed by atoms with Gasteiger partial charge in [-0.2, -0.15) is 4.72 Å². The van der Waals surface area contributed by atoms with Crippen LogP contribution in [0.3, 0.4) is 0 Å². The molecule has 1 heterocycles. The first kappa shape index (κ1) is 21.0. The zero-order chi connectivity index (χ0) is 19.3. The van der Waals surface area contributed by atoms with Crippen LogP contribution in [-0.2, 0) is 14.8 Å². The monoisotopic (exact) mass is 403 g/mol. The third-order valence-electron chi connectivity index (χ3n) is 4.30. The van der Waals surface area contributed by atoms with Gasteiger partial charge >= 0.3 is 0 Å². The lowest BCUT2D eigenvalue weighted by molar-refractivity contribution is -0.123. The van der Waals surface area contributed by atoms with Gasteiger partial charge in [0, 0.05) is 6.04 Å². The number of nitrogens with one attached hydrogen (secondary N) is 2. The maximum absolute atomic E-state index is 12.5. The van der Waals surface area contributed by atoms with Gasteiger partial charge in [0.2, 0.25) is 15.9 Å². The summed E-state index contributed by atoms with van der Waals surface area (Å²) in [5, 5.41) is 3.12. The van der Waals surface area contributed by atoms with E-state index < -0.39 is 16.1 Å². The molecule has 1 aliphatic heterocycles. The Hall–Kier alpha value is -1.35. The third-order valence-corrected chi connectivity index (χ3v) is 6.14. The van der Waals surface area contributed by atoms with Gasteiger partial charge in [0.25, 0.3) is 0 Å². The fraction of sp³-hybridized carbons (Fsp3) is 0.588. The number of ether oxygens (including phenoxy) is 1. The highest BCUT2D eigenvalue weighted by molar-refractivity contribution is 7.89. The second-order valence-corrected chi connectivity index (χ2v) is 8.58. The Morgan fingerprint density at radius 1 is 1.38 bits per heavy atom. The molecule has 0 saturated carbocycles. The maximum atomic E-state index is 12.5. The van der Waals surface area contributed by atoms with Crippen molar-refractivity contribution in [3.63, 3.8) is 0 Å². The van der Waals surface area contributed by atoms with E-state index in [1.807, 2.05) is 14.0 Å². The average molecular weight is 404 g/mol. The highest BCUT2D eigenvalue weighted by Gasteiger charge is 2.25. The molecule has 9 heteroatoms. The number of piperidine rings is 1. The Morgan fingerprint density at radius 2 is 2.04 bits per heavy atom. The van der Waals surface area contributed by atoms with Crippen molar-refractivity contribution < 1.29 is 17.9 Å². The number of amides is 1. The van der Waals surface area contributed by atoms with Crippen LogP contribution in [0.15, 0.2) is 23.1 Å². The number of rotatable bonds is 7. The SMILES string of the molecule is CCOc1ccc(S(=O)(=O)NC(C)C(=O)NC2CCN(C)CC2)cc1Cl. The molecule has 0 radical (unpaired) electrons. The van der Waals surface area contributed by atoms with E-state index in [2.05, 4.69) is 14.9 Å². The van der Waals surface area contributed by atoms with Crippen molar-refractivity contribution in [1.29, 1.82) is 0 Å². The molecular weight excluding hydrogens is 378 g/mol. The smallest absolute Gasteiger partial charge is 0.241 e. The Kier molecular flexibility index (Phi) is 7.28. The zero-order valence-electron chi connectivity index (χ0n) is 15.3. The summed E-state index contributed by atoms with van der Waals surface area (Å²) in [5.41, 5.74) is 0. The van der Waals surface area contributed by atoms with E-state index in [9.17, 15) is 13.2 Å². The Morgan fingerprint density at radius 3 is 2.62 bits per heavy atom. The van der Waals surface area contributed by atoms with E-state index in [4.69, 9.17) is 16.3 Å². The van der Waals surface area contributed by atoms with Crippen LogP contribution in [0.5, 0.6) is 5.75 Å². The molecule has 1 atom stereocenters. The van der Waals surface area contributed by atoms with Gasteiger partial charge in [0.15, 0.2) is 0 Å². The molecule has 1 saturated heterocycles. The molecule has 0 aliphatic carbocycles. The topological polar surface area (TPSA) is 87.7 Å². The average Bonchev–Trinajstić information content (AvgIpc) is 2.58. The molecule has 146 valence electrons. The third kappa shape index (κ3) is 5.57. The lowest BCUT2D eigenvalue weighted by Gasteiger charge is -2.30. The molecular formula is C17H26ClN3O4S. The normalized spacial score (nSPS) is 17.7. The highest BCUT2D eigenvalue weighted by atomic mass is 35.5. The summed E-state index contributed by atoms with van der Waals surface area (Å²) in [6.45, 7) is 5.59. The minimum absolute atomic E-state index is 0.00936. The summed E-state index contributed by atoms with van der Waals surface area (Å²) in [7, 11) is -1.83. The molecule has 1 amide bonds. The lowest BCUT2D eigenvalue weighted by Crippen LogP contribution is -2.50. The summed E-state index contributed by atoms with van der Waals surface area (Å²) in [6, 6.07) is 3.41. The summed E-state index contributed by atoms with van der Waals surface area (Å²) in [5.74, 6) is 0.0846. The number of benzene rings is 1. The van der Waals surface area contributed by atoms with E-state index in [-0.39, 0.29) is 21.9 Å². The maximum Gasteiger partial charge on any atom is 0.241 e. The molecule has 2 N–H and O–H groups in total. The molecule has 26 heavy (non-hydrogen) atoms. The number of carbonyl (C=O) groups excluding carboxylic acids is 1. The van der Waals surface area contributed by atoms with E-state index in [1.54, 1.807) is 0 Å². The lowest BCUT2D eigenvalue weighted by atomic mass is 10.1. The van der Waals surface area contributed by atoms with Gasteiger partial charge in [-0.15, -0.1) is 0 Å². The van der Waals surface area contributed by atoms with Crippen LogP contribution >= 0.6 is 11.6 Å². The number of carbonyl (C=O) groups is 1. The molecule has 1 fully saturated rings. The number of sulfonamides is 1. The van der Waals surface area contributed by atoms with Crippen molar-refractivity contribution in [2.75, 3.05) is 26.7 Å². The van der Waals surface area contributed by atoms with Crippen molar-refractivity contribution in [3.8, 4) is 5.75 Å². The van der Waals surface area contributed by atoms with Crippen molar-refractivity contribution >= 4 is 27.5 Å². The van der Waals surface area contributed by atoms with Gasteiger partial charge in [0.1, 0.15) is 5.75 Å². The van der Waals surface area contributed by atoms with E-state index >= 15 is 0 Å². The van der Waals surface area contributed by atoms with Crippen LogP contribution in [0.4, 0.5) is 0 Å². The van der Waals surface area contributed by atoms with Crippen LogP contribution in [0.2, 0.25) is 5.02 Å². The number of hydrogen-bond acceptors (Lipinski definition) is 5. The molecule has 7 nitrogen and oxygen atoms in total. The summed E-state index contributed by atoms with van der Waals surface area (Å²) >= 11 is 6.05. The minimum atomic E-state index is -3.87. The van der Waals surface area contributed by atoms with E-state index in [0.29, 0.717) is 12.4 Å². The van der Waals surface area contributed by atoms with Crippen LogP contribution in [-0.4, -0.2) is 58.1 Å². The van der Waals surface area contributed by atoms with Gasteiger partial charge < -0.3 is 15.0 Å². The van der Waals surface area contributed by atoms with Crippen LogP contribution in [0.1, 0.15) is 26.7 Å². The molecule has 0 bridgehead atoms. The van der Waals surface area contributed by atoms with E-state index in [0.717, 1.165) is 25.9 Å². The number of hydrogen-bond donors (Lipinski definition) is 2. The fourth-order valence-electron chi connectivity index (χ4n) is 2.75. The van der Waals surface area contributed by atoms with Crippen LogP contribution < -0.4 is 14.8 Å². The van der Waals surface area contributed by atoms with Crippen molar-refractivity contribution in [2.24, 2.45) is 0 Å². The summed E-state index contributed by atoms with van der Waals surface area (Å²) < 4.78 is 32.7. The van der Waals surface area contributed by atoms with Gasteiger partial charge in [-0.1, -0.05) is 11.6 Å². The van der Waals surface area contributed by atoms with Crippen molar-refractivity contribution in [3.05, 3.63) is 23.2 Å². The zero-order valence-corrected chi connectivity index (χ0v) is 16.9. The largest absolute Gasteiger partial charge is 0.492 e. The minimum Gasteiger partial charge on any atom is -0.492 e. The molecule has 1 aliphatic rings. The first-order chi connectivity index (χ1) is 12.2. The van der Waals surface area contributed by atoms with Crippen LogP contribution in [0, 0.1) is 0 Å². The molecule has 2 rings (SSSR count). The Bertz CT molecular complexity index is 734. The molecule has 1 aromatic carbocycles. The van der Waals surface area contributed by atoms with Gasteiger partial charge in [-0.3, -0.25) is 4.79 Å². The molecule has 1 aromatic rings. The molecule has 0 aromatic heterocycles. The highest BCUT2D eigenvalue weighted by Crippen LogP contribution is 2.27. The fourth-order valence-corrected chi connectivity index (χ4v) is 4.28. The molecule has 1 unspecified atom stereocenters. The predicted molar refractivity (Wildman–Crippen MR) is 101 cm³/mol. The molecule has 0 spiro atoms. The second-order valence-electron chi connectivity index (χ2n) is 6.45. The van der Waals surface area contributed by atoms with Crippen LogP contribution in [0.25, 0.3) is 0 Å².